The predicted molar refractivity (Wildman–Crippen MR) is 86.8 cm³/mol. The van der Waals surface area contributed by atoms with Crippen LogP contribution in [-0.4, -0.2) is 43.5 Å². The van der Waals surface area contributed by atoms with Crippen molar-refractivity contribution in [2.45, 2.75) is 56.8 Å². The summed E-state index contributed by atoms with van der Waals surface area (Å²) in [7, 11) is 1.62. The Hall–Kier alpha value is -1.24. The van der Waals surface area contributed by atoms with E-state index in [2.05, 4.69) is 24.0 Å². The van der Waals surface area contributed by atoms with E-state index in [0.717, 1.165) is 6.54 Å². The lowest BCUT2D eigenvalue weighted by Crippen LogP contribution is -2.45. The Morgan fingerprint density at radius 2 is 1.96 bits per heavy atom. The van der Waals surface area contributed by atoms with Gasteiger partial charge in [0.15, 0.2) is 12.1 Å². The van der Waals surface area contributed by atoms with Gasteiger partial charge in [0.1, 0.15) is 18.3 Å². The second-order valence-electron chi connectivity index (χ2n) is 6.40. The van der Waals surface area contributed by atoms with Gasteiger partial charge < -0.3 is 24.3 Å². The number of nitrogens with one attached hydrogen (secondary N) is 1. The number of hydrogen-bond acceptors (Lipinski definition) is 5. The molecule has 0 radical (unpaired) electrons. The van der Waals surface area contributed by atoms with Crippen LogP contribution in [0.4, 0.5) is 0 Å². The standard InChI is InChI=1S/C18H25NO4/c1-5-13(19-11-12-9-7-6-8-10-12)14-15-16(17(20-4)21-14)23-18(2,3)22-15/h5-10,13-17,19H,1,11H2,2-4H3/t13-,14+,15+,16+,17+/m1/s1. The van der Waals surface area contributed by atoms with Crippen LogP contribution in [0.25, 0.3) is 0 Å². The van der Waals surface area contributed by atoms with Gasteiger partial charge in [0.2, 0.25) is 0 Å². The van der Waals surface area contributed by atoms with Crippen molar-refractivity contribution in [2.75, 3.05) is 7.11 Å². The van der Waals surface area contributed by atoms with Gasteiger partial charge in [-0.05, 0) is 19.4 Å². The lowest BCUT2D eigenvalue weighted by Gasteiger charge is -2.27. The van der Waals surface area contributed by atoms with Crippen molar-refractivity contribution in [2.24, 2.45) is 0 Å². The van der Waals surface area contributed by atoms with Crippen LogP contribution < -0.4 is 5.32 Å². The number of ether oxygens (including phenoxy) is 4. The van der Waals surface area contributed by atoms with Crippen LogP contribution in [0.5, 0.6) is 0 Å². The molecule has 126 valence electrons. The minimum atomic E-state index is -0.626. The molecule has 1 N–H and O–H groups in total. The summed E-state index contributed by atoms with van der Waals surface area (Å²) < 4.78 is 23.4. The summed E-state index contributed by atoms with van der Waals surface area (Å²) in [6.45, 7) is 8.50. The van der Waals surface area contributed by atoms with Gasteiger partial charge in [0.25, 0.3) is 0 Å². The van der Waals surface area contributed by atoms with E-state index in [4.69, 9.17) is 18.9 Å². The van der Waals surface area contributed by atoms with E-state index in [9.17, 15) is 0 Å². The van der Waals surface area contributed by atoms with Crippen LogP contribution in [0.2, 0.25) is 0 Å². The van der Waals surface area contributed by atoms with Crippen LogP contribution in [0.3, 0.4) is 0 Å². The summed E-state index contributed by atoms with van der Waals surface area (Å²) in [5.41, 5.74) is 1.21. The Balaban J connectivity index is 1.69. The average molecular weight is 319 g/mol. The first kappa shape index (κ1) is 16.6. The maximum absolute atomic E-state index is 6.04. The number of rotatable bonds is 6. The van der Waals surface area contributed by atoms with Crippen LogP contribution in [0.1, 0.15) is 19.4 Å². The van der Waals surface area contributed by atoms with Crippen molar-refractivity contribution < 1.29 is 18.9 Å². The summed E-state index contributed by atoms with van der Waals surface area (Å²) in [6.07, 6.45) is 0.833. The van der Waals surface area contributed by atoms with E-state index in [1.807, 2.05) is 38.1 Å². The first-order chi connectivity index (χ1) is 11.0. The smallest absolute Gasteiger partial charge is 0.186 e. The van der Waals surface area contributed by atoms with Gasteiger partial charge in [-0.15, -0.1) is 6.58 Å². The number of fused-ring (bicyclic) bond motifs is 1. The maximum atomic E-state index is 6.04. The summed E-state index contributed by atoms with van der Waals surface area (Å²) in [6, 6.07) is 10.2. The van der Waals surface area contributed by atoms with E-state index >= 15 is 0 Å². The fraction of sp³-hybridized carbons (Fsp3) is 0.556. The molecular formula is C18H25NO4. The molecule has 1 aromatic carbocycles. The Kier molecular flexibility index (Phi) is 4.85. The average Bonchev–Trinajstić information content (AvgIpc) is 3.02. The van der Waals surface area contributed by atoms with Crippen molar-refractivity contribution in [3.63, 3.8) is 0 Å². The Labute approximate surface area is 137 Å². The highest BCUT2D eigenvalue weighted by atomic mass is 16.8. The first-order valence-corrected chi connectivity index (χ1v) is 7.98. The SMILES string of the molecule is C=C[C@@H](NCc1ccccc1)[C@@H]1O[C@H](OC)[C@H]2OC(C)(C)O[C@H]21. The number of hydrogen-bond donors (Lipinski definition) is 1. The second kappa shape index (κ2) is 6.71. The molecule has 1 aromatic rings. The predicted octanol–water partition coefficient (Wildman–Crippen LogP) is 2.22. The molecule has 2 fully saturated rings. The van der Waals surface area contributed by atoms with E-state index in [1.54, 1.807) is 7.11 Å². The van der Waals surface area contributed by atoms with Crippen molar-refractivity contribution in [3.05, 3.63) is 48.6 Å². The summed E-state index contributed by atoms with van der Waals surface area (Å²) >= 11 is 0. The number of benzene rings is 1. The zero-order valence-corrected chi connectivity index (χ0v) is 13.9. The Morgan fingerprint density at radius 3 is 2.61 bits per heavy atom. The van der Waals surface area contributed by atoms with E-state index < -0.39 is 12.1 Å². The van der Waals surface area contributed by atoms with E-state index in [-0.39, 0.29) is 24.4 Å². The fourth-order valence-electron chi connectivity index (χ4n) is 3.24. The highest BCUT2D eigenvalue weighted by Crippen LogP contribution is 2.40. The molecule has 0 spiro atoms. The minimum Gasteiger partial charge on any atom is -0.353 e. The van der Waals surface area contributed by atoms with Gasteiger partial charge in [-0.25, -0.2) is 0 Å². The van der Waals surface area contributed by atoms with Crippen LogP contribution >= 0.6 is 0 Å². The number of methoxy groups -OCH3 is 1. The van der Waals surface area contributed by atoms with Crippen LogP contribution in [0, 0.1) is 0 Å². The lowest BCUT2D eigenvalue weighted by atomic mass is 10.0. The summed E-state index contributed by atoms with van der Waals surface area (Å²) in [4.78, 5) is 0. The van der Waals surface area contributed by atoms with Gasteiger partial charge >= 0.3 is 0 Å². The van der Waals surface area contributed by atoms with Crippen LogP contribution in [0.15, 0.2) is 43.0 Å². The lowest BCUT2D eigenvalue weighted by molar-refractivity contribution is -0.228. The highest BCUT2D eigenvalue weighted by molar-refractivity contribution is 5.15. The monoisotopic (exact) mass is 319 g/mol. The first-order valence-electron chi connectivity index (χ1n) is 7.98. The molecule has 23 heavy (non-hydrogen) atoms. The van der Waals surface area contributed by atoms with Gasteiger partial charge in [0.05, 0.1) is 6.04 Å². The Bertz CT molecular complexity index is 533. The molecule has 5 atom stereocenters. The molecule has 2 heterocycles. The third kappa shape index (κ3) is 3.49. The van der Waals surface area contributed by atoms with Crippen LogP contribution in [-0.2, 0) is 25.5 Å². The van der Waals surface area contributed by atoms with Crippen molar-refractivity contribution in [3.8, 4) is 0 Å². The quantitative estimate of drug-likeness (QED) is 0.815. The fourth-order valence-corrected chi connectivity index (χ4v) is 3.24. The third-order valence-electron chi connectivity index (χ3n) is 4.27. The molecule has 3 rings (SSSR count). The molecule has 5 nitrogen and oxygen atoms in total. The second-order valence-corrected chi connectivity index (χ2v) is 6.40. The summed E-state index contributed by atoms with van der Waals surface area (Å²) in [5, 5.41) is 3.48. The molecule has 0 bridgehead atoms. The zero-order valence-electron chi connectivity index (χ0n) is 13.9. The zero-order chi connectivity index (χ0) is 16.4. The van der Waals surface area contributed by atoms with E-state index in [0.29, 0.717) is 0 Å². The molecule has 0 aromatic heterocycles. The van der Waals surface area contributed by atoms with E-state index in [1.165, 1.54) is 5.56 Å². The largest absolute Gasteiger partial charge is 0.353 e. The molecule has 0 aliphatic carbocycles. The normalized spacial score (nSPS) is 33.3. The molecule has 0 saturated carbocycles. The minimum absolute atomic E-state index is 0.0552. The molecule has 2 aliphatic rings. The van der Waals surface area contributed by atoms with Gasteiger partial charge in [-0.1, -0.05) is 36.4 Å². The van der Waals surface area contributed by atoms with Crippen molar-refractivity contribution in [1.29, 1.82) is 0 Å². The molecular weight excluding hydrogens is 294 g/mol. The van der Waals surface area contributed by atoms with Gasteiger partial charge in [0, 0.05) is 13.7 Å². The molecule has 0 amide bonds. The Morgan fingerprint density at radius 1 is 1.26 bits per heavy atom. The molecule has 0 unspecified atom stereocenters. The van der Waals surface area contributed by atoms with Crippen molar-refractivity contribution >= 4 is 0 Å². The maximum Gasteiger partial charge on any atom is 0.186 e. The summed E-state index contributed by atoms with van der Waals surface area (Å²) in [5.74, 6) is -0.626. The molecule has 5 heteroatoms. The van der Waals surface area contributed by atoms with Crippen molar-refractivity contribution in [1.82, 2.24) is 5.32 Å². The third-order valence-corrected chi connectivity index (χ3v) is 4.27. The molecule has 2 saturated heterocycles. The molecule has 2 aliphatic heterocycles. The highest BCUT2D eigenvalue weighted by Gasteiger charge is 2.56. The van der Waals surface area contributed by atoms with Gasteiger partial charge in [-0.3, -0.25) is 0 Å². The van der Waals surface area contributed by atoms with Gasteiger partial charge in [-0.2, -0.15) is 0 Å². The topological polar surface area (TPSA) is 49.0 Å².